The number of halogens is 3. The third kappa shape index (κ3) is 5.77. The minimum atomic E-state index is -5.12. The monoisotopic (exact) mass is 526 g/mol. The Labute approximate surface area is 209 Å². The lowest BCUT2D eigenvalue weighted by molar-refractivity contribution is -0.270. The lowest BCUT2D eigenvalue weighted by Gasteiger charge is -2.30. The summed E-state index contributed by atoms with van der Waals surface area (Å²) in [5.74, 6) is 0.0277. The van der Waals surface area contributed by atoms with Gasteiger partial charge in [-0.15, -0.1) is 11.3 Å². The van der Waals surface area contributed by atoms with E-state index in [9.17, 15) is 23.1 Å². The van der Waals surface area contributed by atoms with Gasteiger partial charge in [-0.1, -0.05) is 0 Å². The van der Waals surface area contributed by atoms with Crippen molar-refractivity contribution >= 4 is 17.1 Å². The molecule has 3 aromatic rings. The van der Waals surface area contributed by atoms with Crippen LogP contribution in [0, 0.1) is 6.92 Å². The number of aliphatic hydroxyl groups excluding tert-OH is 1. The summed E-state index contributed by atoms with van der Waals surface area (Å²) in [6, 6.07) is 6.45. The number of methoxy groups -OCH3 is 2. The van der Waals surface area contributed by atoms with Crippen molar-refractivity contribution in [2.45, 2.75) is 31.5 Å². The third-order valence-electron chi connectivity index (χ3n) is 5.37. The van der Waals surface area contributed by atoms with E-state index in [2.05, 4.69) is 9.97 Å². The first-order chi connectivity index (χ1) is 17.0. The molecule has 8 nitrogen and oxygen atoms in total. The molecule has 194 valence electrons. The minimum absolute atomic E-state index is 0.000219. The number of hydrogen-bond acceptors (Lipinski definition) is 9. The maximum Gasteiger partial charge on any atom is 0.422 e. The van der Waals surface area contributed by atoms with Crippen LogP contribution in [0.3, 0.4) is 0 Å². The van der Waals surface area contributed by atoms with Crippen LogP contribution in [0.2, 0.25) is 0 Å². The maximum absolute atomic E-state index is 14.2. The highest BCUT2D eigenvalue weighted by molar-refractivity contribution is 7.15. The largest absolute Gasteiger partial charge is 0.494 e. The smallest absolute Gasteiger partial charge is 0.422 e. The van der Waals surface area contributed by atoms with E-state index in [0.717, 1.165) is 6.07 Å². The van der Waals surface area contributed by atoms with Crippen LogP contribution in [0.4, 0.5) is 13.2 Å². The van der Waals surface area contributed by atoms with Crippen molar-refractivity contribution in [3.8, 4) is 27.8 Å². The topological polar surface area (TPSA) is 111 Å². The van der Waals surface area contributed by atoms with Gasteiger partial charge >= 0.3 is 6.18 Å². The number of carbonyl (C=O) groups is 1. The summed E-state index contributed by atoms with van der Waals surface area (Å²) in [5, 5.41) is 20.4. The molecule has 1 atom stereocenters. The molecule has 0 aliphatic heterocycles. The van der Waals surface area contributed by atoms with Gasteiger partial charge in [-0.05, 0) is 43.7 Å². The number of Topliss-reactive ketones (excluding diaryl/α,β-unsaturated/α-hetero) is 1. The van der Waals surface area contributed by atoms with Gasteiger partial charge in [0.25, 0.3) is 0 Å². The Morgan fingerprint density at radius 1 is 1.08 bits per heavy atom. The molecule has 0 spiro atoms. The summed E-state index contributed by atoms with van der Waals surface area (Å²) in [6.45, 7) is 1.51. The molecular weight excluding hydrogens is 501 g/mol. The summed E-state index contributed by atoms with van der Waals surface area (Å²) in [5.41, 5.74) is -3.86. The second-order valence-electron chi connectivity index (χ2n) is 7.71. The molecule has 12 heteroatoms. The predicted octanol–water partition coefficient (Wildman–Crippen LogP) is 4.31. The molecule has 0 amide bonds. The lowest BCUT2D eigenvalue weighted by atomic mass is 9.89. The summed E-state index contributed by atoms with van der Waals surface area (Å²) >= 11 is 1.22. The highest BCUT2D eigenvalue weighted by Crippen LogP contribution is 2.44. The van der Waals surface area contributed by atoms with Crippen molar-refractivity contribution in [2.75, 3.05) is 27.4 Å². The van der Waals surface area contributed by atoms with Gasteiger partial charge < -0.3 is 24.4 Å². The fourth-order valence-electron chi connectivity index (χ4n) is 3.46. The van der Waals surface area contributed by atoms with E-state index in [1.165, 1.54) is 56.0 Å². The number of hydrogen-bond donors (Lipinski definition) is 2. The first-order valence-electron chi connectivity index (χ1n) is 10.8. The van der Waals surface area contributed by atoms with E-state index in [4.69, 9.17) is 19.3 Å². The minimum Gasteiger partial charge on any atom is -0.494 e. The zero-order chi connectivity index (χ0) is 26.5. The average molecular weight is 527 g/mol. The van der Waals surface area contributed by atoms with Gasteiger partial charge in [0, 0.05) is 18.2 Å². The second kappa shape index (κ2) is 11.2. The fourth-order valence-corrected chi connectivity index (χ4v) is 4.23. The number of ketones is 1. The normalized spacial score (nSPS) is 13.2. The summed E-state index contributed by atoms with van der Waals surface area (Å²) in [6.07, 6.45) is -5.23. The molecule has 0 radical (unpaired) electrons. The highest BCUT2D eigenvalue weighted by Gasteiger charge is 2.56. The SMILES string of the molecule is COc1cc(C(=O)CCC(O)(c2ccc(OC)c(-c3cnc(C)s3)n2)C(F)(F)F)ccc1OCCO. The number of nitrogens with zero attached hydrogens (tertiary/aromatic N) is 2. The van der Waals surface area contributed by atoms with Crippen molar-refractivity contribution in [1.29, 1.82) is 0 Å². The van der Waals surface area contributed by atoms with Crippen LogP contribution in [-0.4, -0.2) is 59.6 Å². The first kappa shape index (κ1) is 27.4. The van der Waals surface area contributed by atoms with E-state index >= 15 is 0 Å². The molecule has 2 aromatic heterocycles. The Balaban J connectivity index is 1.90. The van der Waals surface area contributed by atoms with Crippen molar-refractivity contribution in [2.24, 2.45) is 0 Å². The lowest BCUT2D eigenvalue weighted by Crippen LogP contribution is -2.43. The van der Waals surface area contributed by atoms with Crippen molar-refractivity contribution in [1.82, 2.24) is 9.97 Å². The average Bonchev–Trinajstić information content (AvgIpc) is 3.30. The number of aromatic nitrogens is 2. The van der Waals surface area contributed by atoms with Gasteiger partial charge in [0.2, 0.25) is 5.60 Å². The fraction of sp³-hybridized carbons (Fsp3) is 0.375. The molecular formula is C24H25F3N2O6S. The van der Waals surface area contributed by atoms with Crippen molar-refractivity contribution in [3.05, 3.63) is 52.8 Å². The first-order valence-corrected chi connectivity index (χ1v) is 11.6. The van der Waals surface area contributed by atoms with E-state index in [1.807, 2.05) is 0 Å². The number of thiazole rings is 1. The number of rotatable bonds is 11. The quantitative estimate of drug-likeness (QED) is 0.356. The van der Waals surface area contributed by atoms with Crippen LogP contribution < -0.4 is 14.2 Å². The molecule has 0 saturated carbocycles. The molecule has 3 rings (SSSR count). The number of alkyl halides is 3. The second-order valence-corrected chi connectivity index (χ2v) is 8.94. The van der Waals surface area contributed by atoms with E-state index in [0.29, 0.717) is 9.88 Å². The van der Waals surface area contributed by atoms with Crippen LogP contribution in [-0.2, 0) is 5.60 Å². The molecule has 1 unspecified atom stereocenters. The van der Waals surface area contributed by atoms with Gasteiger partial charge in [0.1, 0.15) is 18.1 Å². The molecule has 2 N–H and O–H groups in total. The Hall–Kier alpha value is -3.22. The van der Waals surface area contributed by atoms with Crippen LogP contribution in [0.25, 0.3) is 10.6 Å². The zero-order valence-electron chi connectivity index (χ0n) is 19.8. The molecule has 0 aliphatic rings. The number of aryl methyl sites for hydroxylation is 1. The number of carbonyl (C=O) groups excluding carboxylic acids is 1. The van der Waals surface area contributed by atoms with Gasteiger partial charge in [0.15, 0.2) is 17.3 Å². The van der Waals surface area contributed by atoms with E-state index in [-0.39, 0.29) is 41.7 Å². The Morgan fingerprint density at radius 2 is 1.78 bits per heavy atom. The van der Waals surface area contributed by atoms with Gasteiger partial charge in [0.05, 0.1) is 36.4 Å². The van der Waals surface area contributed by atoms with E-state index < -0.39 is 36.1 Å². The molecule has 1 aromatic carbocycles. The van der Waals surface area contributed by atoms with Crippen molar-refractivity contribution in [3.63, 3.8) is 0 Å². The summed E-state index contributed by atoms with van der Waals surface area (Å²) in [7, 11) is 2.70. The Bertz CT molecular complexity index is 1220. The molecule has 0 bridgehead atoms. The number of ether oxygens (including phenoxy) is 3. The third-order valence-corrected chi connectivity index (χ3v) is 6.29. The molecule has 2 heterocycles. The zero-order valence-corrected chi connectivity index (χ0v) is 20.6. The predicted molar refractivity (Wildman–Crippen MR) is 126 cm³/mol. The summed E-state index contributed by atoms with van der Waals surface area (Å²) in [4.78, 5) is 21.4. The van der Waals surface area contributed by atoms with Crippen LogP contribution in [0.5, 0.6) is 17.2 Å². The van der Waals surface area contributed by atoms with Crippen LogP contribution in [0.1, 0.15) is 33.9 Å². The van der Waals surface area contributed by atoms with Crippen LogP contribution in [0.15, 0.2) is 36.5 Å². The standard InChI is InChI=1S/C24H25F3N2O6S/c1-14-28-13-20(36-14)22-18(33-2)6-7-21(29-22)23(32,24(25,26)27)9-8-16(31)15-4-5-17(35-11-10-30)19(12-15)34-3/h4-7,12-13,30,32H,8-11H2,1-3H3. The van der Waals surface area contributed by atoms with Gasteiger partial charge in [-0.2, -0.15) is 13.2 Å². The van der Waals surface area contributed by atoms with E-state index in [1.54, 1.807) is 6.92 Å². The Morgan fingerprint density at radius 3 is 2.36 bits per heavy atom. The number of benzene rings is 1. The molecule has 36 heavy (non-hydrogen) atoms. The van der Waals surface area contributed by atoms with Crippen molar-refractivity contribution < 1.29 is 42.4 Å². The van der Waals surface area contributed by atoms with Crippen LogP contribution >= 0.6 is 11.3 Å². The summed E-state index contributed by atoms with van der Waals surface area (Å²) < 4.78 is 58.2. The van der Waals surface area contributed by atoms with Gasteiger partial charge in [-0.3, -0.25) is 4.79 Å². The molecule has 0 saturated heterocycles. The number of aliphatic hydroxyl groups is 2. The number of pyridine rings is 1. The maximum atomic E-state index is 14.2. The molecule has 0 fully saturated rings. The highest BCUT2D eigenvalue weighted by atomic mass is 32.1. The molecule has 0 aliphatic carbocycles. The Kier molecular flexibility index (Phi) is 8.54. The van der Waals surface area contributed by atoms with Gasteiger partial charge in [-0.25, -0.2) is 9.97 Å².